The van der Waals surface area contributed by atoms with Crippen molar-refractivity contribution in [2.45, 2.75) is 26.2 Å². The van der Waals surface area contributed by atoms with E-state index in [1.807, 2.05) is 48.5 Å². The zero-order chi connectivity index (χ0) is 17.1. The van der Waals surface area contributed by atoms with E-state index in [0.717, 1.165) is 23.6 Å². The van der Waals surface area contributed by atoms with E-state index in [2.05, 4.69) is 27.3 Å². The van der Waals surface area contributed by atoms with Crippen molar-refractivity contribution in [3.8, 4) is 0 Å². The molecule has 0 saturated heterocycles. The monoisotopic (exact) mass is 333 g/mol. The van der Waals surface area contributed by atoms with Crippen LogP contribution in [0.4, 0.5) is 0 Å². The minimum Gasteiger partial charge on any atom is -0.436 e. The summed E-state index contributed by atoms with van der Waals surface area (Å²) in [6.07, 6.45) is 0. The molecule has 5 heteroatoms. The molecule has 0 fully saturated rings. The summed E-state index contributed by atoms with van der Waals surface area (Å²) in [6, 6.07) is 20.1. The molecule has 5 nitrogen and oxygen atoms in total. The number of amides is 1. The Bertz CT molecular complexity index is 836. The van der Waals surface area contributed by atoms with Crippen LogP contribution in [0.15, 0.2) is 65.1 Å². The first-order chi connectivity index (χ1) is 12.3. The third-order valence-electron chi connectivity index (χ3n) is 4.26. The van der Waals surface area contributed by atoms with Gasteiger partial charge in [-0.2, -0.15) is 0 Å². The molecule has 1 N–H and O–H groups in total. The van der Waals surface area contributed by atoms with E-state index in [9.17, 15) is 4.79 Å². The van der Waals surface area contributed by atoms with Crippen LogP contribution in [-0.2, 0) is 26.2 Å². The molecule has 126 valence electrons. The molecule has 4 rings (SSSR count). The van der Waals surface area contributed by atoms with Crippen LogP contribution in [0.25, 0.3) is 0 Å². The molecular weight excluding hydrogens is 314 g/mol. The van der Waals surface area contributed by atoms with E-state index < -0.39 is 0 Å². The number of fused-ring (bicyclic) bond motifs is 1. The Morgan fingerprint density at radius 1 is 1.00 bits per heavy atom. The van der Waals surface area contributed by atoms with Gasteiger partial charge in [0.2, 0.25) is 0 Å². The van der Waals surface area contributed by atoms with Crippen molar-refractivity contribution in [1.29, 1.82) is 0 Å². The molecule has 0 aliphatic carbocycles. The number of carbonyl (C=O) groups excluding carboxylic acids is 1. The summed E-state index contributed by atoms with van der Waals surface area (Å²) < 4.78 is 5.68. The van der Waals surface area contributed by atoms with E-state index in [0.29, 0.717) is 19.6 Å². The number of aromatic nitrogens is 1. The second kappa shape index (κ2) is 6.91. The number of hydrogen-bond acceptors (Lipinski definition) is 4. The van der Waals surface area contributed by atoms with Gasteiger partial charge >= 0.3 is 5.91 Å². The van der Waals surface area contributed by atoms with Gasteiger partial charge in [-0.15, -0.1) is 0 Å². The maximum atomic E-state index is 12.2. The predicted octanol–water partition coefficient (Wildman–Crippen LogP) is 3.12. The summed E-state index contributed by atoms with van der Waals surface area (Å²) in [5.41, 5.74) is 3.17. The first-order valence-corrected chi connectivity index (χ1v) is 8.35. The number of benzene rings is 2. The van der Waals surface area contributed by atoms with Crippen molar-refractivity contribution in [3.63, 3.8) is 0 Å². The maximum Gasteiger partial charge on any atom is 0.307 e. The topological polar surface area (TPSA) is 58.4 Å². The normalized spacial score (nSPS) is 13.6. The summed E-state index contributed by atoms with van der Waals surface area (Å²) in [5, 5.41) is 2.85. The molecule has 0 radical (unpaired) electrons. The Balaban J connectivity index is 1.35. The SMILES string of the molecule is O=C(NCc1ccccc1)c1nc2c(o1)CN(Cc1ccccc1)C2. The summed E-state index contributed by atoms with van der Waals surface area (Å²) in [6.45, 7) is 2.71. The van der Waals surface area contributed by atoms with E-state index in [4.69, 9.17) is 4.42 Å². The van der Waals surface area contributed by atoms with E-state index >= 15 is 0 Å². The molecule has 2 aromatic carbocycles. The smallest absolute Gasteiger partial charge is 0.307 e. The molecule has 25 heavy (non-hydrogen) atoms. The van der Waals surface area contributed by atoms with Gasteiger partial charge in [-0.1, -0.05) is 60.7 Å². The van der Waals surface area contributed by atoms with Crippen LogP contribution in [0.1, 0.15) is 33.3 Å². The zero-order valence-corrected chi connectivity index (χ0v) is 13.8. The summed E-state index contributed by atoms with van der Waals surface area (Å²) in [5.74, 6) is 0.675. The standard InChI is InChI=1S/C20H19N3O2/c24-19(21-11-15-7-3-1-4-8-15)20-22-17-13-23(14-18(17)25-20)12-16-9-5-2-6-10-16/h1-10H,11-14H2,(H,21,24). The first-order valence-electron chi connectivity index (χ1n) is 8.35. The van der Waals surface area contributed by atoms with E-state index in [1.54, 1.807) is 0 Å². The van der Waals surface area contributed by atoms with Gasteiger partial charge in [0.15, 0.2) is 0 Å². The van der Waals surface area contributed by atoms with Gasteiger partial charge in [0.25, 0.3) is 5.89 Å². The highest BCUT2D eigenvalue weighted by molar-refractivity contribution is 5.89. The van der Waals surface area contributed by atoms with Gasteiger partial charge in [0.05, 0.1) is 12.2 Å². The minimum absolute atomic E-state index is 0.153. The third kappa shape index (κ3) is 3.61. The first kappa shape index (κ1) is 15.6. The van der Waals surface area contributed by atoms with Crippen molar-refractivity contribution in [2.75, 3.05) is 0 Å². The molecular formula is C20H19N3O2. The van der Waals surface area contributed by atoms with Gasteiger partial charge in [-0.05, 0) is 11.1 Å². The summed E-state index contributed by atoms with van der Waals surface area (Å²) >= 11 is 0. The Hall–Kier alpha value is -2.92. The van der Waals surface area contributed by atoms with Gasteiger partial charge in [-0.25, -0.2) is 4.98 Å². The van der Waals surface area contributed by atoms with Crippen molar-refractivity contribution in [1.82, 2.24) is 15.2 Å². The van der Waals surface area contributed by atoms with Gasteiger partial charge in [0, 0.05) is 19.6 Å². The number of nitrogens with zero attached hydrogens (tertiary/aromatic N) is 2. The molecule has 1 aromatic heterocycles. The molecule has 0 unspecified atom stereocenters. The Morgan fingerprint density at radius 2 is 1.68 bits per heavy atom. The lowest BCUT2D eigenvalue weighted by atomic mass is 10.2. The molecule has 0 atom stereocenters. The molecule has 0 saturated carbocycles. The molecule has 1 amide bonds. The molecule has 0 bridgehead atoms. The minimum atomic E-state index is -0.270. The lowest BCUT2D eigenvalue weighted by molar-refractivity contribution is 0.0911. The highest BCUT2D eigenvalue weighted by Gasteiger charge is 2.27. The largest absolute Gasteiger partial charge is 0.436 e. The van der Waals surface area contributed by atoms with Crippen LogP contribution < -0.4 is 5.32 Å². The zero-order valence-electron chi connectivity index (χ0n) is 13.8. The molecule has 0 spiro atoms. The quantitative estimate of drug-likeness (QED) is 0.779. The number of rotatable bonds is 5. The Labute approximate surface area is 146 Å². The fourth-order valence-corrected chi connectivity index (χ4v) is 3.01. The lowest BCUT2D eigenvalue weighted by Gasteiger charge is -2.14. The maximum absolute atomic E-state index is 12.2. The van der Waals surface area contributed by atoms with Crippen LogP contribution in [0, 0.1) is 0 Å². The highest BCUT2D eigenvalue weighted by atomic mass is 16.4. The fourth-order valence-electron chi connectivity index (χ4n) is 3.01. The van der Waals surface area contributed by atoms with Crippen LogP contribution >= 0.6 is 0 Å². The van der Waals surface area contributed by atoms with Gasteiger partial charge in [0.1, 0.15) is 5.76 Å². The van der Waals surface area contributed by atoms with Crippen LogP contribution in [0.5, 0.6) is 0 Å². The Kier molecular flexibility index (Phi) is 4.31. The fraction of sp³-hybridized carbons (Fsp3) is 0.200. The van der Waals surface area contributed by atoms with Crippen molar-refractivity contribution >= 4 is 5.91 Å². The Morgan fingerprint density at radius 3 is 2.36 bits per heavy atom. The second-order valence-corrected chi connectivity index (χ2v) is 6.19. The molecule has 1 aliphatic rings. The number of hydrogen-bond donors (Lipinski definition) is 1. The lowest BCUT2D eigenvalue weighted by Crippen LogP contribution is -2.23. The van der Waals surface area contributed by atoms with Crippen LogP contribution in [0.3, 0.4) is 0 Å². The van der Waals surface area contributed by atoms with Gasteiger partial charge in [-0.3, -0.25) is 9.69 Å². The third-order valence-corrected chi connectivity index (χ3v) is 4.26. The van der Waals surface area contributed by atoms with Crippen LogP contribution in [-0.4, -0.2) is 15.8 Å². The number of oxazole rings is 1. The summed E-state index contributed by atoms with van der Waals surface area (Å²) in [7, 11) is 0. The second-order valence-electron chi connectivity index (χ2n) is 6.19. The number of nitrogens with one attached hydrogen (secondary N) is 1. The average Bonchev–Trinajstić information content (AvgIpc) is 3.20. The summed E-state index contributed by atoms with van der Waals surface area (Å²) in [4.78, 5) is 18.8. The van der Waals surface area contributed by atoms with Gasteiger partial charge < -0.3 is 9.73 Å². The van der Waals surface area contributed by atoms with Crippen LogP contribution in [0.2, 0.25) is 0 Å². The molecule has 2 heterocycles. The van der Waals surface area contributed by atoms with Crippen molar-refractivity contribution in [2.24, 2.45) is 0 Å². The molecule has 3 aromatic rings. The van der Waals surface area contributed by atoms with E-state index in [1.165, 1.54) is 5.56 Å². The number of carbonyl (C=O) groups is 1. The van der Waals surface area contributed by atoms with Crippen molar-refractivity contribution < 1.29 is 9.21 Å². The highest BCUT2D eigenvalue weighted by Crippen LogP contribution is 2.24. The van der Waals surface area contributed by atoms with Crippen molar-refractivity contribution in [3.05, 3.63) is 89.1 Å². The predicted molar refractivity (Wildman–Crippen MR) is 93.5 cm³/mol. The van der Waals surface area contributed by atoms with E-state index in [-0.39, 0.29) is 11.8 Å². The average molecular weight is 333 g/mol. The molecule has 1 aliphatic heterocycles.